The molecule has 1 aromatic carbocycles. The van der Waals surface area contributed by atoms with E-state index in [0.29, 0.717) is 13.2 Å². The van der Waals surface area contributed by atoms with E-state index >= 15 is 0 Å². The minimum atomic E-state index is 0.0496. The molecule has 0 saturated carbocycles. The van der Waals surface area contributed by atoms with Gasteiger partial charge in [-0.15, -0.1) is 0 Å². The van der Waals surface area contributed by atoms with Gasteiger partial charge in [-0.1, -0.05) is 28.9 Å². The van der Waals surface area contributed by atoms with E-state index in [2.05, 4.69) is 15.0 Å². The Balaban J connectivity index is 1.42. The summed E-state index contributed by atoms with van der Waals surface area (Å²) in [6.45, 7) is 3.09. The normalized spacial score (nSPS) is 18.4. The average molecular weight is 356 g/mol. The van der Waals surface area contributed by atoms with Crippen molar-refractivity contribution in [3.05, 3.63) is 71.2 Å². The molecule has 0 spiro atoms. The van der Waals surface area contributed by atoms with Crippen LogP contribution in [0.5, 0.6) is 0 Å². The number of halogens is 1. The molecule has 5 nitrogen and oxygen atoms in total. The Morgan fingerprint density at radius 2 is 1.92 bits per heavy atom. The third-order valence-electron chi connectivity index (χ3n) is 4.31. The van der Waals surface area contributed by atoms with Gasteiger partial charge in [-0.2, -0.15) is 0 Å². The Morgan fingerprint density at radius 3 is 2.72 bits per heavy atom. The van der Waals surface area contributed by atoms with E-state index in [-0.39, 0.29) is 6.10 Å². The van der Waals surface area contributed by atoms with Crippen LogP contribution in [0, 0.1) is 0 Å². The van der Waals surface area contributed by atoms with Gasteiger partial charge in [0.15, 0.2) is 5.76 Å². The van der Waals surface area contributed by atoms with E-state index in [1.54, 1.807) is 12.4 Å². The largest absolute Gasteiger partial charge is 0.371 e. The van der Waals surface area contributed by atoms with E-state index < -0.39 is 0 Å². The Morgan fingerprint density at radius 1 is 1.12 bits per heavy atom. The lowest BCUT2D eigenvalue weighted by atomic mass is 10.1. The molecule has 1 unspecified atom stereocenters. The third-order valence-corrected chi connectivity index (χ3v) is 4.56. The fourth-order valence-electron chi connectivity index (χ4n) is 2.99. The number of pyridine rings is 1. The maximum atomic E-state index is 5.96. The van der Waals surface area contributed by atoms with Crippen LogP contribution in [0.25, 0.3) is 11.3 Å². The molecule has 1 aliphatic rings. The molecule has 3 heterocycles. The van der Waals surface area contributed by atoms with Gasteiger partial charge in [0.1, 0.15) is 5.69 Å². The quantitative estimate of drug-likeness (QED) is 0.709. The Labute approximate surface area is 151 Å². The molecule has 128 valence electrons. The van der Waals surface area contributed by atoms with Gasteiger partial charge in [0.2, 0.25) is 0 Å². The van der Waals surface area contributed by atoms with Crippen LogP contribution >= 0.6 is 11.6 Å². The lowest BCUT2D eigenvalue weighted by molar-refractivity contribution is -0.0351. The number of morpholine rings is 1. The Kier molecular flexibility index (Phi) is 4.78. The fraction of sp³-hybridized carbons (Fsp3) is 0.263. The SMILES string of the molecule is Clc1ccc(C2CN(Cc3cc(-c4ccncc4)no3)CCO2)cc1. The van der Waals surface area contributed by atoms with Crippen molar-refractivity contribution in [3.63, 3.8) is 0 Å². The summed E-state index contributed by atoms with van der Waals surface area (Å²) in [7, 11) is 0. The smallest absolute Gasteiger partial charge is 0.151 e. The van der Waals surface area contributed by atoms with Gasteiger partial charge in [-0.05, 0) is 29.8 Å². The van der Waals surface area contributed by atoms with Crippen molar-refractivity contribution in [3.8, 4) is 11.3 Å². The minimum Gasteiger partial charge on any atom is -0.371 e. The molecule has 1 aliphatic heterocycles. The first-order valence-electron chi connectivity index (χ1n) is 8.23. The molecule has 1 atom stereocenters. The molecular weight excluding hydrogens is 338 g/mol. The van der Waals surface area contributed by atoms with Gasteiger partial charge in [-0.25, -0.2) is 0 Å². The second-order valence-corrected chi connectivity index (χ2v) is 6.50. The molecule has 0 N–H and O–H groups in total. The summed E-state index contributed by atoms with van der Waals surface area (Å²) in [5, 5.41) is 4.90. The number of hydrogen-bond acceptors (Lipinski definition) is 5. The fourth-order valence-corrected chi connectivity index (χ4v) is 3.12. The molecule has 1 saturated heterocycles. The van der Waals surface area contributed by atoms with Crippen LogP contribution in [0.4, 0.5) is 0 Å². The van der Waals surface area contributed by atoms with Gasteiger partial charge in [0.25, 0.3) is 0 Å². The van der Waals surface area contributed by atoms with Crippen LogP contribution in [0.2, 0.25) is 5.02 Å². The lowest BCUT2D eigenvalue weighted by Crippen LogP contribution is -2.37. The monoisotopic (exact) mass is 355 g/mol. The number of nitrogens with zero attached hydrogens (tertiary/aromatic N) is 3. The molecule has 0 radical (unpaired) electrons. The predicted octanol–water partition coefficient (Wildman–Crippen LogP) is 3.96. The number of hydrogen-bond donors (Lipinski definition) is 0. The highest BCUT2D eigenvalue weighted by Crippen LogP contribution is 2.25. The molecule has 4 rings (SSSR count). The van der Waals surface area contributed by atoms with Crippen molar-refractivity contribution in [2.24, 2.45) is 0 Å². The highest BCUT2D eigenvalue weighted by atomic mass is 35.5. The second-order valence-electron chi connectivity index (χ2n) is 6.06. The topological polar surface area (TPSA) is 51.4 Å². The maximum absolute atomic E-state index is 5.96. The first kappa shape index (κ1) is 16.3. The van der Waals surface area contributed by atoms with Crippen LogP contribution in [-0.2, 0) is 11.3 Å². The van der Waals surface area contributed by atoms with Gasteiger partial charge < -0.3 is 9.26 Å². The van der Waals surface area contributed by atoms with Crippen LogP contribution in [0.1, 0.15) is 17.4 Å². The minimum absolute atomic E-state index is 0.0496. The predicted molar refractivity (Wildman–Crippen MR) is 95.2 cm³/mol. The van der Waals surface area contributed by atoms with Crippen molar-refractivity contribution in [1.82, 2.24) is 15.0 Å². The number of rotatable bonds is 4. The highest BCUT2D eigenvalue weighted by molar-refractivity contribution is 6.30. The standard InChI is InChI=1S/C19H18ClN3O2/c20-16-3-1-15(2-4-16)19-13-23(9-10-24-19)12-17-11-18(22-25-17)14-5-7-21-8-6-14/h1-8,11,19H,9-10,12-13H2. The van der Waals surface area contributed by atoms with Gasteiger partial charge >= 0.3 is 0 Å². The Hall–Kier alpha value is -2.21. The van der Waals surface area contributed by atoms with E-state index in [4.69, 9.17) is 20.9 Å². The summed E-state index contributed by atoms with van der Waals surface area (Å²) in [5.41, 5.74) is 2.98. The molecule has 6 heteroatoms. The molecular formula is C19H18ClN3O2. The van der Waals surface area contributed by atoms with Crippen molar-refractivity contribution < 1.29 is 9.26 Å². The van der Waals surface area contributed by atoms with E-state index in [1.807, 2.05) is 42.5 Å². The zero-order valence-corrected chi connectivity index (χ0v) is 14.4. The third kappa shape index (κ3) is 3.90. The molecule has 1 fully saturated rings. The van der Waals surface area contributed by atoms with Crippen LogP contribution in [0.3, 0.4) is 0 Å². The van der Waals surface area contributed by atoms with Gasteiger partial charge in [0, 0.05) is 42.1 Å². The van der Waals surface area contributed by atoms with E-state index in [9.17, 15) is 0 Å². The van der Waals surface area contributed by atoms with Crippen molar-refractivity contribution >= 4 is 11.6 Å². The maximum Gasteiger partial charge on any atom is 0.151 e. The summed E-state index contributed by atoms with van der Waals surface area (Å²) in [5.74, 6) is 0.851. The summed E-state index contributed by atoms with van der Waals surface area (Å²) in [6.07, 6.45) is 3.55. The van der Waals surface area contributed by atoms with Crippen LogP contribution in [-0.4, -0.2) is 34.7 Å². The second kappa shape index (κ2) is 7.35. The summed E-state index contributed by atoms with van der Waals surface area (Å²) in [6, 6.07) is 13.7. The summed E-state index contributed by atoms with van der Waals surface area (Å²) < 4.78 is 11.4. The van der Waals surface area contributed by atoms with E-state index in [0.717, 1.165) is 40.7 Å². The van der Waals surface area contributed by atoms with Gasteiger partial charge in [0.05, 0.1) is 19.3 Å². The molecule has 0 aliphatic carbocycles. The average Bonchev–Trinajstić information content (AvgIpc) is 3.12. The number of ether oxygens (including phenoxy) is 1. The summed E-state index contributed by atoms with van der Waals surface area (Å²) >= 11 is 5.96. The van der Waals surface area contributed by atoms with E-state index in [1.165, 1.54) is 0 Å². The van der Waals surface area contributed by atoms with Crippen molar-refractivity contribution in [1.29, 1.82) is 0 Å². The van der Waals surface area contributed by atoms with Gasteiger partial charge in [-0.3, -0.25) is 9.88 Å². The summed E-state index contributed by atoms with van der Waals surface area (Å²) in [4.78, 5) is 6.34. The highest BCUT2D eigenvalue weighted by Gasteiger charge is 2.23. The lowest BCUT2D eigenvalue weighted by Gasteiger charge is -2.32. The molecule has 25 heavy (non-hydrogen) atoms. The molecule has 2 aromatic heterocycles. The number of benzene rings is 1. The Bertz CT molecular complexity index is 820. The van der Waals surface area contributed by atoms with Crippen LogP contribution < -0.4 is 0 Å². The van der Waals surface area contributed by atoms with Crippen molar-refractivity contribution in [2.75, 3.05) is 19.7 Å². The first-order chi connectivity index (χ1) is 12.3. The molecule has 0 bridgehead atoms. The van der Waals surface area contributed by atoms with Crippen LogP contribution in [0.15, 0.2) is 59.4 Å². The first-order valence-corrected chi connectivity index (χ1v) is 8.61. The number of aromatic nitrogens is 2. The molecule has 0 amide bonds. The molecule has 3 aromatic rings. The zero-order valence-electron chi connectivity index (χ0n) is 13.6. The van der Waals surface area contributed by atoms with Crippen molar-refractivity contribution in [2.45, 2.75) is 12.6 Å². The zero-order chi connectivity index (χ0) is 17.1.